The van der Waals surface area contributed by atoms with Crippen molar-refractivity contribution in [3.8, 4) is 0 Å². The maximum atomic E-state index is 12.2. The van der Waals surface area contributed by atoms with Crippen LogP contribution in [0.25, 0.3) is 0 Å². The summed E-state index contributed by atoms with van der Waals surface area (Å²) in [5.41, 5.74) is 0.0505. The van der Waals surface area contributed by atoms with Crippen molar-refractivity contribution in [2.45, 2.75) is 37.6 Å². The molecule has 0 saturated carbocycles. The summed E-state index contributed by atoms with van der Waals surface area (Å²) in [5.74, 6) is 1.05. The van der Waals surface area contributed by atoms with Gasteiger partial charge in [-0.1, -0.05) is 32.0 Å². The van der Waals surface area contributed by atoms with E-state index in [1.54, 1.807) is 11.8 Å². The molecule has 0 radical (unpaired) electrons. The lowest BCUT2D eigenvalue weighted by Gasteiger charge is -2.38. The summed E-state index contributed by atoms with van der Waals surface area (Å²) >= 11 is 1.77. The fourth-order valence-corrected chi connectivity index (χ4v) is 3.41. The third-order valence-corrected chi connectivity index (χ3v) is 4.82. The Kier molecular flexibility index (Phi) is 5.49. The van der Waals surface area contributed by atoms with Crippen LogP contribution in [0.5, 0.6) is 0 Å². The Hall–Kier alpha value is -1.00. The summed E-state index contributed by atoms with van der Waals surface area (Å²) in [6.45, 7) is 6.00. The van der Waals surface area contributed by atoms with Crippen LogP contribution in [0.4, 0.5) is 0 Å². The van der Waals surface area contributed by atoms with Crippen LogP contribution in [0.3, 0.4) is 0 Å². The van der Waals surface area contributed by atoms with Crippen LogP contribution in [0.1, 0.15) is 26.7 Å². The van der Waals surface area contributed by atoms with Gasteiger partial charge in [0.05, 0.1) is 6.04 Å². The maximum absolute atomic E-state index is 12.2. The first-order chi connectivity index (χ1) is 9.59. The molecule has 2 N–H and O–H groups in total. The highest BCUT2D eigenvalue weighted by molar-refractivity contribution is 7.99. The summed E-state index contributed by atoms with van der Waals surface area (Å²) in [5, 5.41) is 6.40. The van der Waals surface area contributed by atoms with Crippen LogP contribution >= 0.6 is 11.8 Å². The smallest absolute Gasteiger partial charge is 0.237 e. The number of hydrogen-bond acceptors (Lipinski definition) is 3. The normalized spacial score (nSPS) is 21.4. The largest absolute Gasteiger partial charge is 0.354 e. The zero-order valence-corrected chi connectivity index (χ0v) is 13.1. The molecule has 0 aromatic heterocycles. The molecule has 1 aromatic carbocycles. The molecule has 1 fully saturated rings. The average Bonchev–Trinajstić information content (AvgIpc) is 2.44. The first-order valence-electron chi connectivity index (χ1n) is 7.28. The van der Waals surface area contributed by atoms with E-state index >= 15 is 0 Å². The van der Waals surface area contributed by atoms with Gasteiger partial charge in [0.2, 0.25) is 5.91 Å². The number of carbonyl (C=O) groups excluding carboxylic acids is 1. The van der Waals surface area contributed by atoms with Crippen molar-refractivity contribution >= 4 is 17.7 Å². The topological polar surface area (TPSA) is 41.1 Å². The monoisotopic (exact) mass is 292 g/mol. The van der Waals surface area contributed by atoms with Gasteiger partial charge in [0.15, 0.2) is 0 Å². The Labute approximate surface area is 125 Å². The predicted octanol–water partition coefficient (Wildman–Crippen LogP) is 2.67. The van der Waals surface area contributed by atoms with Crippen LogP contribution < -0.4 is 10.6 Å². The molecule has 3 nitrogen and oxygen atoms in total. The van der Waals surface area contributed by atoms with Gasteiger partial charge in [-0.2, -0.15) is 0 Å². The third kappa shape index (κ3) is 4.25. The standard InChI is InChI=1S/C16H24N2OS/c1-16(2)9-6-10-17-14(16)15(19)18-11-12-20-13-7-4-3-5-8-13/h3-5,7-8,14,17H,6,9-12H2,1-2H3,(H,18,19). The van der Waals surface area contributed by atoms with E-state index in [1.165, 1.54) is 4.90 Å². The third-order valence-electron chi connectivity index (χ3n) is 3.80. The lowest BCUT2D eigenvalue weighted by atomic mass is 9.77. The number of nitrogens with one attached hydrogen (secondary N) is 2. The second-order valence-corrected chi connectivity index (χ2v) is 7.10. The van der Waals surface area contributed by atoms with Crippen LogP contribution in [0.2, 0.25) is 0 Å². The van der Waals surface area contributed by atoms with Crippen LogP contribution in [-0.2, 0) is 4.79 Å². The number of thioether (sulfide) groups is 1. The average molecular weight is 292 g/mol. The Bertz CT molecular complexity index is 433. The minimum atomic E-state index is -0.0574. The molecule has 1 heterocycles. The highest BCUT2D eigenvalue weighted by Gasteiger charge is 2.36. The summed E-state index contributed by atoms with van der Waals surface area (Å²) < 4.78 is 0. The number of rotatable bonds is 5. The predicted molar refractivity (Wildman–Crippen MR) is 85.0 cm³/mol. The van der Waals surface area contributed by atoms with Crippen molar-refractivity contribution in [1.29, 1.82) is 0 Å². The molecule has 110 valence electrons. The van der Waals surface area contributed by atoms with E-state index in [1.807, 2.05) is 18.2 Å². The Morgan fingerprint density at radius 3 is 2.85 bits per heavy atom. The molecule has 20 heavy (non-hydrogen) atoms. The zero-order valence-electron chi connectivity index (χ0n) is 12.3. The Morgan fingerprint density at radius 2 is 2.15 bits per heavy atom. The fraction of sp³-hybridized carbons (Fsp3) is 0.562. The quantitative estimate of drug-likeness (QED) is 0.647. The van der Waals surface area contributed by atoms with Crippen molar-refractivity contribution in [1.82, 2.24) is 10.6 Å². The van der Waals surface area contributed by atoms with E-state index in [9.17, 15) is 4.79 Å². The van der Waals surface area contributed by atoms with Crippen LogP contribution in [-0.4, -0.2) is 30.8 Å². The van der Waals surface area contributed by atoms with Crippen molar-refractivity contribution in [3.63, 3.8) is 0 Å². The first-order valence-corrected chi connectivity index (χ1v) is 8.27. The van der Waals surface area contributed by atoms with Gasteiger partial charge < -0.3 is 10.6 Å². The molecule has 0 spiro atoms. The van der Waals surface area contributed by atoms with Gasteiger partial charge in [0.1, 0.15) is 0 Å². The van der Waals surface area contributed by atoms with E-state index in [2.05, 4.69) is 36.6 Å². The van der Waals surface area contributed by atoms with Gasteiger partial charge in [-0.15, -0.1) is 11.8 Å². The molecule has 0 aliphatic carbocycles. The fourth-order valence-electron chi connectivity index (χ4n) is 2.62. The van der Waals surface area contributed by atoms with Gasteiger partial charge in [-0.3, -0.25) is 4.79 Å². The van der Waals surface area contributed by atoms with Crippen LogP contribution in [0.15, 0.2) is 35.2 Å². The Balaban J connectivity index is 1.72. The minimum Gasteiger partial charge on any atom is -0.354 e. The van der Waals surface area contributed by atoms with Gasteiger partial charge in [-0.25, -0.2) is 0 Å². The number of hydrogen-bond donors (Lipinski definition) is 2. The van der Waals surface area contributed by atoms with Crippen molar-refractivity contribution < 1.29 is 4.79 Å². The number of benzene rings is 1. The summed E-state index contributed by atoms with van der Waals surface area (Å²) in [6.07, 6.45) is 2.26. The molecule has 2 rings (SSSR count). The van der Waals surface area contributed by atoms with Gasteiger partial charge in [-0.05, 0) is 36.9 Å². The zero-order chi connectivity index (χ0) is 14.4. The minimum absolute atomic E-state index is 0.0505. The first kappa shape index (κ1) is 15.4. The van der Waals surface area contributed by atoms with E-state index in [4.69, 9.17) is 0 Å². The molecule has 1 amide bonds. The van der Waals surface area contributed by atoms with Crippen molar-refractivity contribution in [3.05, 3.63) is 30.3 Å². The van der Waals surface area contributed by atoms with Gasteiger partial charge in [0, 0.05) is 17.2 Å². The SMILES string of the molecule is CC1(C)CCCNC1C(=O)NCCSc1ccccc1. The second kappa shape index (κ2) is 7.14. The Morgan fingerprint density at radius 1 is 1.40 bits per heavy atom. The number of amides is 1. The summed E-state index contributed by atoms with van der Waals surface area (Å²) in [4.78, 5) is 13.5. The van der Waals surface area contributed by atoms with Crippen LogP contribution in [0, 0.1) is 5.41 Å². The van der Waals surface area contributed by atoms with Crippen molar-refractivity contribution in [2.75, 3.05) is 18.8 Å². The molecule has 1 aromatic rings. The molecule has 1 saturated heterocycles. The highest BCUT2D eigenvalue weighted by Crippen LogP contribution is 2.30. The van der Waals surface area contributed by atoms with Crippen molar-refractivity contribution in [2.24, 2.45) is 5.41 Å². The lowest BCUT2D eigenvalue weighted by molar-refractivity contribution is -0.126. The molecule has 4 heteroatoms. The molecule has 1 aliphatic heterocycles. The molecule has 1 atom stereocenters. The second-order valence-electron chi connectivity index (χ2n) is 5.93. The molecule has 0 bridgehead atoms. The summed E-state index contributed by atoms with van der Waals surface area (Å²) in [7, 11) is 0. The lowest BCUT2D eigenvalue weighted by Crippen LogP contribution is -2.55. The van der Waals surface area contributed by atoms with E-state index in [-0.39, 0.29) is 17.4 Å². The molecular formula is C16H24N2OS. The van der Waals surface area contributed by atoms with E-state index in [0.717, 1.165) is 25.1 Å². The molecule has 1 unspecified atom stereocenters. The molecular weight excluding hydrogens is 268 g/mol. The van der Waals surface area contributed by atoms with Gasteiger partial charge >= 0.3 is 0 Å². The summed E-state index contributed by atoms with van der Waals surface area (Å²) in [6, 6.07) is 10.2. The van der Waals surface area contributed by atoms with E-state index in [0.29, 0.717) is 6.54 Å². The van der Waals surface area contributed by atoms with E-state index < -0.39 is 0 Å². The highest BCUT2D eigenvalue weighted by atomic mass is 32.2. The number of carbonyl (C=O) groups is 1. The number of piperidine rings is 1. The molecule has 1 aliphatic rings. The maximum Gasteiger partial charge on any atom is 0.237 e. The van der Waals surface area contributed by atoms with Gasteiger partial charge in [0.25, 0.3) is 0 Å².